The molecule has 4 N–H and O–H groups in total. The highest BCUT2D eigenvalue weighted by molar-refractivity contribution is 5.16. The van der Waals surface area contributed by atoms with E-state index in [-0.39, 0.29) is 48.4 Å². The summed E-state index contributed by atoms with van der Waals surface area (Å²) in [5.41, 5.74) is 0. The van der Waals surface area contributed by atoms with Gasteiger partial charge in [-0.05, 0) is 54.8 Å². The molecule has 0 radical (unpaired) electrons. The maximum absolute atomic E-state index is 10.4. The fraction of sp³-hybridized carbons (Fsp3) is 1.00. The first-order valence-electron chi connectivity index (χ1n) is 7.30. The van der Waals surface area contributed by atoms with Crippen molar-refractivity contribution >= 4 is 0 Å². The van der Waals surface area contributed by atoms with E-state index in [4.69, 9.17) is 0 Å². The lowest BCUT2D eigenvalue weighted by atomic mass is 9.54. The maximum Gasteiger partial charge on any atom is 0.0632 e. The summed E-state index contributed by atoms with van der Waals surface area (Å²) in [6.07, 6.45) is 1.62. The van der Waals surface area contributed by atoms with Crippen molar-refractivity contribution in [2.24, 2.45) is 41.4 Å². The standard InChI is InChI=1S/C14H22O4/c15-4-8-6-3-7(8)13(17)12-11(14(12)18)5-1-2-9(16)10(5)6/h5-18H,1-4H2. The van der Waals surface area contributed by atoms with Crippen molar-refractivity contribution in [3.63, 3.8) is 0 Å². The van der Waals surface area contributed by atoms with Gasteiger partial charge in [0, 0.05) is 12.5 Å². The normalized spacial score (nSPS) is 65.3. The van der Waals surface area contributed by atoms with Crippen molar-refractivity contribution in [3.8, 4) is 0 Å². The molecule has 0 saturated heterocycles. The predicted molar refractivity (Wildman–Crippen MR) is 63.4 cm³/mol. The Morgan fingerprint density at radius 2 is 1.56 bits per heavy atom. The molecule has 2 bridgehead atoms. The smallest absolute Gasteiger partial charge is 0.0632 e. The van der Waals surface area contributed by atoms with Gasteiger partial charge in [-0.1, -0.05) is 0 Å². The summed E-state index contributed by atoms with van der Waals surface area (Å²) in [4.78, 5) is 0. The van der Waals surface area contributed by atoms with Crippen LogP contribution in [0.4, 0.5) is 0 Å². The molecule has 5 saturated carbocycles. The Kier molecular flexibility index (Phi) is 2.39. The lowest BCUT2D eigenvalue weighted by molar-refractivity contribution is -0.126. The van der Waals surface area contributed by atoms with Crippen molar-refractivity contribution < 1.29 is 20.4 Å². The van der Waals surface area contributed by atoms with Gasteiger partial charge in [0.15, 0.2) is 0 Å². The Morgan fingerprint density at radius 3 is 2.28 bits per heavy atom. The van der Waals surface area contributed by atoms with E-state index in [9.17, 15) is 20.4 Å². The van der Waals surface area contributed by atoms with E-state index in [1.165, 1.54) is 0 Å². The summed E-state index contributed by atoms with van der Waals surface area (Å²) in [7, 11) is 0. The Hall–Kier alpha value is -0.160. The van der Waals surface area contributed by atoms with Gasteiger partial charge < -0.3 is 20.4 Å². The Balaban J connectivity index is 1.69. The summed E-state index contributed by atoms with van der Waals surface area (Å²) in [6.45, 7) is 0.107. The van der Waals surface area contributed by atoms with Gasteiger partial charge >= 0.3 is 0 Å². The third-order valence-corrected chi connectivity index (χ3v) is 6.50. The van der Waals surface area contributed by atoms with E-state index in [0.29, 0.717) is 11.8 Å². The second-order valence-electron chi connectivity index (χ2n) is 6.93. The van der Waals surface area contributed by atoms with Gasteiger partial charge in [-0.15, -0.1) is 0 Å². The maximum atomic E-state index is 10.4. The average Bonchev–Trinajstić information content (AvgIpc) is 2.81. The predicted octanol–water partition coefficient (Wildman–Crippen LogP) is -0.401. The second kappa shape index (κ2) is 3.69. The molecule has 5 fully saturated rings. The molecule has 5 aliphatic carbocycles. The van der Waals surface area contributed by atoms with Crippen LogP contribution in [0.2, 0.25) is 0 Å². The van der Waals surface area contributed by atoms with Crippen LogP contribution in [0.1, 0.15) is 19.3 Å². The quantitative estimate of drug-likeness (QED) is 0.513. The summed E-state index contributed by atoms with van der Waals surface area (Å²) in [5, 5.41) is 40.2. The monoisotopic (exact) mass is 254 g/mol. The molecule has 4 nitrogen and oxygen atoms in total. The molecule has 18 heavy (non-hydrogen) atoms. The summed E-state index contributed by atoms with van der Waals surface area (Å²) < 4.78 is 0. The van der Waals surface area contributed by atoms with Crippen molar-refractivity contribution in [2.45, 2.75) is 37.6 Å². The SMILES string of the molecule is OCC1C2CC1C1C(O)CCC1C1C(O)C1C2O. The van der Waals surface area contributed by atoms with Crippen LogP contribution in [0.25, 0.3) is 0 Å². The third-order valence-electron chi connectivity index (χ3n) is 6.50. The molecule has 0 aromatic carbocycles. The van der Waals surface area contributed by atoms with E-state index in [2.05, 4.69) is 0 Å². The van der Waals surface area contributed by atoms with Gasteiger partial charge in [-0.25, -0.2) is 0 Å². The van der Waals surface area contributed by atoms with E-state index < -0.39 is 6.10 Å². The zero-order chi connectivity index (χ0) is 12.6. The van der Waals surface area contributed by atoms with Crippen molar-refractivity contribution in [2.75, 3.05) is 6.61 Å². The molecule has 0 heterocycles. The van der Waals surface area contributed by atoms with Crippen LogP contribution in [0.5, 0.6) is 0 Å². The van der Waals surface area contributed by atoms with Crippen LogP contribution in [0.15, 0.2) is 0 Å². The molecule has 0 aromatic rings. The van der Waals surface area contributed by atoms with Gasteiger partial charge in [-0.3, -0.25) is 0 Å². The minimum absolute atomic E-state index is 0.00287. The summed E-state index contributed by atoms with van der Waals surface area (Å²) in [5.74, 6) is 1.43. The highest BCUT2D eigenvalue weighted by Crippen LogP contribution is 2.65. The lowest BCUT2D eigenvalue weighted by Crippen LogP contribution is -2.53. The number of aliphatic hydroxyl groups excluding tert-OH is 4. The molecule has 0 amide bonds. The topological polar surface area (TPSA) is 80.9 Å². The first-order valence-corrected chi connectivity index (χ1v) is 7.30. The molecule has 0 spiro atoms. The van der Waals surface area contributed by atoms with E-state index in [0.717, 1.165) is 19.3 Å². The fourth-order valence-electron chi connectivity index (χ4n) is 5.57. The van der Waals surface area contributed by atoms with E-state index in [1.54, 1.807) is 0 Å². The number of hydrogen-bond acceptors (Lipinski definition) is 4. The number of hydrogen-bond donors (Lipinski definition) is 4. The number of rotatable bonds is 1. The molecule has 10 atom stereocenters. The van der Waals surface area contributed by atoms with Crippen LogP contribution in [-0.4, -0.2) is 45.3 Å². The number of aliphatic hydroxyl groups is 4. The average molecular weight is 254 g/mol. The molecule has 0 aromatic heterocycles. The molecule has 4 heteroatoms. The zero-order valence-corrected chi connectivity index (χ0v) is 10.4. The van der Waals surface area contributed by atoms with Gasteiger partial charge in [0.05, 0.1) is 18.3 Å². The minimum Gasteiger partial charge on any atom is -0.396 e. The summed E-state index contributed by atoms with van der Waals surface area (Å²) in [6, 6.07) is 0. The Bertz CT molecular complexity index is 360. The third kappa shape index (κ3) is 1.25. The first kappa shape index (κ1) is 11.6. The molecule has 10 unspecified atom stereocenters. The molecule has 5 aliphatic rings. The molecular formula is C14H22O4. The van der Waals surface area contributed by atoms with Crippen LogP contribution in [0.3, 0.4) is 0 Å². The highest BCUT2D eigenvalue weighted by atomic mass is 16.3. The minimum atomic E-state index is -0.447. The molecule has 0 aliphatic heterocycles. The Morgan fingerprint density at radius 1 is 0.778 bits per heavy atom. The largest absolute Gasteiger partial charge is 0.396 e. The van der Waals surface area contributed by atoms with Crippen LogP contribution in [-0.2, 0) is 0 Å². The zero-order valence-electron chi connectivity index (χ0n) is 10.4. The molecule has 5 rings (SSSR count). The molecule has 102 valence electrons. The van der Waals surface area contributed by atoms with Crippen molar-refractivity contribution in [1.29, 1.82) is 0 Å². The van der Waals surface area contributed by atoms with E-state index in [1.807, 2.05) is 0 Å². The summed E-state index contributed by atoms with van der Waals surface area (Å²) >= 11 is 0. The Labute approximate surface area is 107 Å². The van der Waals surface area contributed by atoms with Gasteiger partial charge in [0.25, 0.3) is 0 Å². The van der Waals surface area contributed by atoms with Crippen LogP contribution < -0.4 is 0 Å². The second-order valence-corrected chi connectivity index (χ2v) is 6.93. The molecular weight excluding hydrogens is 232 g/mol. The van der Waals surface area contributed by atoms with Crippen molar-refractivity contribution in [1.82, 2.24) is 0 Å². The van der Waals surface area contributed by atoms with Crippen LogP contribution in [0, 0.1) is 41.4 Å². The van der Waals surface area contributed by atoms with Gasteiger partial charge in [-0.2, -0.15) is 0 Å². The fourth-order valence-corrected chi connectivity index (χ4v) is 5.57. The van der Waals surface area contributed by atoms with Gasteiger partial charge in [0.2, 0.25) is 0 Å². The first-order chi connectivity index (χ1) is 8.65. The van der Waals surface area contributed by atoms with Gasteiger partial charge in [0.1, 0.15) is 0 Å². The van der Waals surface area contributed by atoms with E-state index >= 15 is 0 Å². The van der Waals surface area contributed by atoms with Crippen LogP contribution >= 0.6 is 0 Å². The van der Waals surface area contributed by atoms with Crippen molar-refractivity contribution in [3.05, 3.63) is 0 Å². The highest BCUT2D eigenvalue weighted by Gasteiger charge is 2.67. The lowest BCUT2D eigenvalue weighted by Gasteiger charge is -2.52.